The summed E-state index contributed by atoms with van der Waals surface area (Å²) in [4.78, 5) is 28.7. The van der Waals surface area contributed by atoms with Gasteiger partial charge in [-0.3, -0.25) is 9.59 Å². The number of hydrogen-bond donors (Lipinski definition) is 3. The lowest BCUT2D eigenvalue weighted by Crippen LogP contribution is -2.23. The summed E-state index contributed by atoms with van der Waals surface area (Å²) < 4.78 is 8.03. The van der Waals surface area contributed by atoms with Crippen molar-refractivity contribution in [1.29, 1.82) is 0 Å². The second-order valence-electron chi connectivity index (χ2n) is 10.7. The highest BCUT2D eigenvalue weighted by Gasteiger charge is 2.27. The van der Waals surface area contributed by atoms with Gasteiger partial charge < -0.3 is 24.7 Å². The van der Waals surface area contributed by atoms with Crippen LogP contribution in [0.2, 0.25) is 0 Å². The summed E-state index contributed by atoms with van der Waals surface area (Å²) in [5.41, 5.74) is 3.53. The predicted molar refractivity (Wildman–Crippen MR) is 152 cm³/mol. The Morgan fingerprint density at radius 1 is 1.13 bits per heavy atom. The molecule has 1 atom stereocenters. The van der Waals surface area contributed by atoms with Crippen LogP contribution in [0.3, 0.4) is 0 Å². The molecule has 0 aliphatic heterocycles. The Balaban J connectivity index is 2.00. The second kappa shape index (κ2) is 10.5. The molecule has 2 heterocycles. The van der Waals surface area contributed by atoms with Crippen LogP contribution >= 0.6 is 0 Å². The Labute approximate surface area is 223 Å². The third kappa shape index (κ3) is 5.24. The van der Waals surface area contributed by atoms with E-state index in [-0.39, 0.29) is 17.4 Å². The SMILES string of the molecule is CCNC(=O)c1cc2c(-c3cc(C(C)(O)CC(C)C)ccc3Oc3c(C)cccc3C)cn(C)c(=O)c2[nH]1. The Morgan fingerprint density at radius 2 is 1.82 bits per heavy atom. The van der Waals surface area contributed by atoms with Crippen molar-refractivity contribution in [3.63, 3.8) is 0 Å². The molecule has 0 saturated heterocycles. The molecular weight excluding hydrogens is 478 g/mol. The Hall–Kier alpha value is -3.84. The summed E-state index contributed by atoms with van der Waals surface area (Å²) in [6.07, 6.45) is 2.34. The van der Waals surface area contributed by atoms with Crippen LogP contribution in [-0.4, -0.2) is 27.1 Å². The number of fused-ring (bicyclic) bond motifs is 1. The number of aromatic nitrogens is 2. The minimum absolute atomic E-state index is 0.237. The summed E-state index contributed by atoms with van der Waals surface area (Å²) in [5, 5.41) is 14.8. The maximum atomic E-state index is 13.0. The molecule has 0 fully saturated rings. The lowest BCUT2D eigenvalue weighted by molar-refractivity contribution is 0.0349. The molecule has 4 rings (SSSR count). The number of ether oxygens (including phenoxy) is 1. The van der Waals surface area contributed by atoms with E-state index in [2.05, 4.69) is 24.1 Å². The highest BCUT2D eigenvalue weighted by atomic mass is 16.5. The fraction of sp³-hybridized carbons (Fsp3) is 0.355. The molecule has 7 heteroatoms. The first kappa shape index (κ1) is 27.2. The number of amides is 1. The van der Waals surface area contributed by atoms with Crippen LogP contribution < -0.4 is 15.6 Å². The van der Waals surface area contributed by atoms with E-state index in [1.54, 1.807) is 19.3 Å². The van der Waals surface area contributed by atoms with Gasteiger partial charge >= 0.3 is 0 Å². The number of aryl methyl sites for hydroxylation is 3. The average Bonchev–Trinajstić information content (AvgIpc) is 3.29. The molecule has 38 heavy (non-hydrogen) atoms. The standard InChI is InChI=1S/C31H37N3O4/c1-8-32-29(35)25-15-23-24(17-34(7)30(36)27(23)33-25)22-14-21(31(6,37)16-18(2)3)12-13-26(22)38-28-19(4)10-9-11-20(28)5/h9-15,17-18,33,37H,8,16H2,1-7H3,(H,32,35). The van der Waals surface area contributed by atoms with E-state index in [0.717, 1.165) is 33.6 Å². The molecular formula is C31H37N3O4. The molecule has 0 aliphatic rings. The molecule has 0 saturated carbocycles. The number of carbonyl (C=O) groups is 1. The van der Waals surface area contributed by atoms with Crippen molar-refractivity contribution < 1.29 is 14.6 Å². The van der Waals surface area contributed by atoms with Crippen LogP contribution in [0.25, 0.3) is 22.0 Å². The molecule has 1 amide bonds. The molecule has 0 spiro atoms. The number of aromatic amines is 1. The van der Waals surface area contributed by atoms with Gasteiger partial charge in [0.1, 0.15) is 22.7 Å². The third-order valence-electron chi connectivity index (χ3n) is 6.86. The molecule has 0 radical (unpaired) electrons. The number of benzene rings is 2. The van der Waals surface area contributed by atoms with Gasteiger partial charge in [0.05, 0.1) is 5.60 Å². The number of nitrogens with zero attached hydrogens (tertiary/aromatic N) is 1. The lowest BCUT2D eigenvalue weighted by Gasteiger charge is -2.27. The number of nitrogens with one attached hydrogen (secondary N) is 2. The molecule has 7 nitrogen and oxygen atoms in total. The second-order valence-corrected chi connectivity index (χ2v) is 10.7. The molecule has 3 N–H and O–H groups in total. The van der Waals surface area contributed by atoms with Crippen LogP contribution in [0.4, 0.5) is 0 Å². The third-order valence-corrected chi connectivity index (χ3v) is 6.86. The lowest BCUT2D eigenvalue weighted by atomic mass is 9.85. The van der Waals surface area contributed by atoms with Crippen molar-refractivity contribution in [1.82, 2.24) is 14.9 Å². The predicted octanol–water partition coefficient (Wildman–Crippen LogP) is 5.95. The van der Waals surface area contributed by atoms with Crippen LogP contribution in [-0.2, 0) is 12.6 Å². The average molecular weight is 516 g/mol. The van der Waals surface area contributed by atoms with Crippen molar-refractivity contribution >= 4 is 16.8 Å². The fourth-order valence-electron chi connectivity index (χ4n) is 5.07. The molecule has 2 aromatic heterocycles. The Morgan fingerprint density at radius 3 is 2.45 bits per heavy atom. The van der Waals surface area contributed by atoms with Gasteiger partial charge in [0.15, 0.2) is 0 Å². The summed E-state index contributed by atoms with van der Waals surface area (Å²) >= 11 is 0. The maximum absolute atomic E-state index is 13.0. The zero-order valence-corrected chi connectivity index (χ0v) is 23.2. The Kier molecular flexibility index (Phi) is 7.51. The number of hydrogen-bond acceptors (Lipinski definition) is 4. The molecule has 2 aromatic carbocycles. The summed E-state index contributed by atoms with van der Waals surface area (Å²) in [5.74, 6) is 1.35. The number of rotatable bonds is 8. The van der Waals surface area contributed by atoms with Crippen molar-refractivity contribution in [3.05, 3.63) is 81.4 Å². The van der Waals surface area contributed by atoms with E-state index in [4.69, 9.17) is 4.74 Å². The van der Waals surface area contributed by atoms with Crippen molar-refractivity contribution in [2.75, 3.05) is 6.54 Å². The van der Waals surface area contributed by atoms with Crippen LogP contribution in [0.15, 0.2) is 53.5 Å². The van der Waals surface area contributed by atoms with Gasteiger partial charge in [-0.2, -0.15) is 0 Å². The minimum Gasteiger partial charge on any atom is -0.456 e. The van der Waals surface area contributed by atoms with Gasteiger partial charge in [-0.15, -0.1) is 0 Å². The zero-order valence-electron chi connectivity index (χ0n) is 23.2. The summed E-state index contributed by atoms with van der Waals surface area (Å²) in [6.45, 7) is 12.3. The number of aliphatic hydroxyl groups is 1. The smallest absolute Gasteiger partial charge is 0.274 e. The van der Waals surface area contributed by atoms with Gasteiger partial charge in [-0.05, 0) is 74.9 Å². The molecule has 200 valence electrons. The monoisotopic (exact) mass is 515 g/mol. The largest absolute Gasteiger partial charge is 0.456 e. The highest BCUT2D eigenvalue weighted by Crippen LogP contribution is 2.41. The van der Waals surface area contributed by atoms with Crippen LogP contribution in [0.1, 0.15) is 61.3 Å². The first-order valence-electron chi connectivity index (χ1n) is 13.0. The van der Waals surface area contributed by atoms with Gasteiger partial charge in [-0.25, -0.2) is 0 Å². The van der Waals surface area contributed by atoms with E-state index in [9.17, 15) is 14.7 Å². The number of pyridine rings is 1. The zero-order chi connectivity index (χ0) is 27.8. The summed E-state index contributed by atoms with van der Waals surface area (Å²) in [7, 11) is 1.68. The topological polar surface area (TPSA) is 96.3 Å². The van der Waals surface area contributed by atoms with Crippen molar-refractivity contribution in [2.45, 2.75) is 53.6 Å². The first-order chi connectivity index (χ1) is 17.9. The van der Waals surface area contributed by atoms with Gasteiger partial charge in [-0.1, -0.05) is 38.1 Å². The quantitative estimate of drug-likeness (QED) is 0.270. The number of para-hydroxylation sites is 1. The molecule has 4 aromatic rings. The van der Waals surface area contributed by atoms with Gasteiger partial charge in [0.2, 0.25) is 0 Å². The number of H-pyrrole nitrogens is 1. The van der Waals surface area contributed by atoms with Crippen molar-refractivity contribution in [2.24, 2.45) is 13.0 Å². The van der Waals surface area contributed by atoms with Crippen LogP contribution in [0, 0.1) is 19.8 Å². The Bertz CT molecular complexity index is 1540. The van der Waals surface area contributed by atoms with E-state index in [1.807, 2.05) is 64.1 Å². The van der Waals surface area contributed by atoms with Gasteiger partial charge in [0.25, 0.3) is 11.5 Å². The normalized spacial score (nSPS) is 13.1. The minimum atomic E-state index is -1.07. The van der Waals surface area contributed by atoms with E-state index < -0.39 is 5.60 Å². The van der Waals surface area contributed by atoms with E-state index >= 15 is 0 Å². The molecule has 0 bridgehead atoms. The maximum Gasteiger partial charge on any atom is 0.274 e. The number of carbonyl (C=O) groups excluding carboxylic acids is 1. The fourth-order valence-corrected chi connectivity index (χ4v) is 5.07. The highest BCUT2D eigenvalue weighted by molar-refractivity contribution is 6.03. The van der Waals surface area contributed by atoms with E-state index in [1.165, 1.54) is 4.57 Å². The molecule has 0 aliphatic carbocycles. The van der Waals surface area contributed by atoms with Crippen molar-refractivity contribution in [3.8, 4) is 22.6 Å². The van der Waals surface area contributed by atoms with Crippen LogP contribution in [0.5, 0.6) is 11.5 Å². The molecule has 1 unspecified atom stereocenters. The van der Waals surface area contributed by atoms with Gasteiger partial charge in [0, 0.05) is 36.3 Å². The first-order valence-corrected chi connectivity index (χ1v) is 13.0. The summed E-state index contributed by atoms with van der Waals surface area (Å²) in [6, 6.07) is 13.4. The van der Waals surface area contributed by atoms with E-state index in [0.29, 0.717) is 35.3 Å².